The maximum absolute atomic E-state index is 13.6. The third kappa shape index (κ3) is 4.05. The third-order valence-electron chi connectivity index (χ3n) is 3.99. The first-order valence-electron chi connectivity index (χ1n) is 7.74. The van der Waals surface area contributed by atoms with Crippen molar-refractivity contribution in [1.29, 1.82) is 0 Å². The Morgan fingerprint density at radius 3 is 2.17 bits per heavy atom. The molecule has 1 heterocycles. The van der Waals surface area contributed by atoms with E-state index in [1.54, 1.807) is 26.0 Å². The topological polar surface area (TPSA) is 32.3 Å². The maximum Gasteiger partial charge on any atom is 0.409 e. The number of hydrogen-bond donors (Lipinski definition) is 1. The second-order valence-electron chi connectivity index (χ2n) is 7.24. The molecule has 3 nitrogen and oxygen atoms in total. The third-order valence-corrected chi connectivity index (χ3v) is 3.99. The number of rotatable bonds is 4. The first-order chi connectivity index (χ1) is 10.5. The summed E-state index contributed by atoms with van der Waals surface area (Å²) in [6.45, 7) is 7.43. The Labute approximate surface area is 134 Å². The van der Waals surface area contributed by atoms with Gasteiger partial charge < -0.3 is 0 Å². The Bertz CT molecular complexity index is 564. The minimum atomic E-state index is -4.47. The van der Waals surface area contributed by atoms with E-state index in [1.807, 2.05) is 0 Å². The largest absolute Gasteiger partial charge is 0.409 e. The minimum Gasteiger partial charge on any atom is -0.287 e. The van der Waals surface area contributed by atoms with Crippen LogP contribution in [0, 0.1) is 11.3 Å². The van der Waals surface area contributed by atoms with Gasteiger partial charge in [0.2, 0.25) is 5.91 Å². The maximum atomic E-state index is 13.6. The summed E-state index contributed by atoms with van der Waals surface area (Å²) in [5, 5.41) is 1.000. The molecule has 0 saturated carbocycles. The van der Waals surface area contributed by atoms with E-state index >= 15 is 0 Å². The average Bonchev–Trinajstić information content (AvgIpc) is 2.63. The normalized spacial score (nSPS) is 19.9. The van der Waals surface area contributed by atoms with E-state index in [2.05, 4.69) is 19.3 Å². The van der Waals surface area contributed by atoms with Crippen LogP contribution >= 0.6 is 0 Å². The molecule has 1 aromatic rings. The van der Waals surface area contributed by atoms with Crippen LogP contribution in [0.1, 0.15) is 44.9 Å². The van der Waals surface area contributed by atoms with Crippen molar-refractivity contribution in [2.75, 3.05) is 6.54 Å². The summed E-state index contributed by atoms with van der Waals surface area (Å²) in [5.74, 6) is 0.0566. The number of benzene rings is 1. The van der Waals surface area contributed by atoms with Crippen LogP contribution in [0.2, 0.25) is 0 Å². The fourth-order valence-electron chi connectivity index (χ4n) is 2.83. The van der Waals surface area contributed by atoms with E-state index < -0.39 is 17.6 Å². The van der Waals surface area contributed by atoms with Crippen LogP contribution in [0.5, 0.6) is 0 Å². The molecule has 1 atom stereocenters. The van der Waals surface area contributed by atoms with Gasteiger partial charge in [0, 0.05) is 6.54 Å². The Morgan fingerprint density at radius 1 is 1.22 bits per heavy atom. The second-order valence-corrected chi connectivity index (χ2v) is 7.24. The monoisotopic (exact) mass is 328 g/mol. The Kier molecular flexibility index (Phi) is 4.76. The summed E-state index contributed by atoms with van der Waals surface area (Å²) in [4.78, 5) is 11.8. The first kappa shape index (κ1) is 17.8. The molecule has 1 aromatic carbocycles. The van der Waals surface area contributed by atoms with Crippen LogP contribution in [0.4, 0.5) is 13.2 Å². The van der Waals surface area contributed by atoms with Gasteiger partial charge in [-0.15, -0.1) is 0 Å². The number of hydrazine groups is 1. The number of nitrogens with zero attached hydrogens (tertiary/aromatic N) is 1. The van der Waals surface area contributed by atoms with Crippen molar-refractivity contribution in [3.05, 3.63) is 35.4 Å². The number of amides is 1. The summed E-state index contributed by atoms with van der Waals surface area (Å²) in [7, 11) is 0. The van der Waals surface area contributed by atoms with Crippen LogP contribution in [-0.2, 0) is 11.2 Å². The molecule has 0 radical (unpaired) electrons. The summed E-state index contributed by atoms with van der Waals surface area (Å²) in [6.07, 6.45) is -3.64. The van der Waals surface area contributed by atoms with Crippen LogP contribution in [0.15, 0.2) is 24.3 Å². The molecule has 0 spiro atoms. The first-order valence-corrected chi connectivity index (χ1v) is 7.74. The van der Waals surface area contributed by atoms with E-state index in [-0.39, 0.29) is 18.0 Å². The fraction of sp³-hybridized carbons (Fsp3) is 0.588. The van der Waals surface area contributed by atoms with Crippen LogP contribution in [-0.4, -0.2) is 23.6 Å². The standard InChI is InChI=1S/C17H23F3N2O/c1-11(2)9-12-5-7-13(8-6-12)14(17(18,19)20)22-10-16(3,4)15(23)21-22/h5-8,11,14H,9-10H2,1-4H3,(H,21,23)/t14-/m0/s1. The van der Waals surface area contributed by atoms with E-state index in [9.17, 15) is 18.0 Å². The van der Waals surface area contributed by atoms with Crippen molar-refractivity contribution in [2.24, 2.45) is 11.3 Å². The van der Waals surface area contributed by atoms with Gasteiger partial charge in [-0.05, 0) is 37.3 Å². The highest BCUT2D eigenvalue weighted by molar-refractivity contribution is 5.83. The number of alkyl halides is 3. The summed E-state index contributed by atoms with van der Waals surface area (Å²) in [6, 6.07) is 4.65. The molecular formula is C17H23F3N2O. The van der Waals surface area contributed by atoms with E-state index in [4.69, 9.17) is 0 Å². The molecule has 0 bridgehead atoms. The van der Waals surface area contributed by atoms with Gasteiger partial charge in [0.1, 0.15) is 6.04 Å². The van der Waals surface area contributed by atoms with Crippen molar-refractivity contribution in [2.45, 2.75) is 46.3 Å². The Hall–Kier alpha value is -1.56. The van der Waals surface area contributed by atoms with Gasteiger partial charge in [0.15, 0.2) is 0 Å². The van der Waals surface area contributed by atoms with Gasteiger partial charge in [-0.2, -0.15) is 13.2 Å². The van der Waals surface area contributed by atoms with Crippen molar-refractivity contribution in [3.8, 4) is 0 Å². The predicted octanol–water partition coefficient (Wildman–Crippen LogP) is 3.86. The van der Waals surface area contributed by atoms with Crippen LogP contribution in [0.3, 0.4) is 0 Å². The van der Waals surface area contributed by atoms with E-state index in [0.717, 1.165) is 17.0 Å². The fourth-order valence-corrected chi connectivity index (χ4v) is 2.83. The lowest BCUT2D eigenvalue weighted by atomic mass is 9.93. The molecule has 0 aromatic heterocycles. The second kappa shape index (κ2) is 6.15. The lowest BCUT2D eigenvalue weighted by Gasteiger charge is -2.30. The Balaban J connectivity index is 2.28. The highest BCUT2D eigenvalue weighted by Gasteiger charge is 2.51. The molecule has 2 rings (SSSR count). The molecule has 1 amide bonds. The number of hydrogen-bond acceptors (Lipinski definition) is 2. The van der Waals surface area contributed by atoms with Crippen molar-refractivity contribution in [1.82, 2.24) is 10.4 Å². The zero-order valence-electron chi connectivity index (χ0n) is 13.9. The van der Waals surface area contributed by atoms with Gasteiger partial charge in [-0.1, -0.05) is 38.1 Å². The smallest absolute Gasteiger partial charge is 0.287 e. The lowest BCUT2D eigenvalue weighted by molar-refractivity contribution is -0.191. The molecule has 1 N–H and O–H groups in total. The van der Waals surface area contributed by atoms with Crippen LogP contribution < -0.4 is 5.43 Å². The van der Waals surface area contributed by atoms with Crippen molar-refractivity contribution < 1.29 is 18.0 Å². The molecular weight excluding hydrogens is 305 g/mol. The summed E-state index contributed by atoms with van der Waals surface area (Å²) in [5.41, 5.74) is 2.69. The van der Waals surface area contributed by atoms with Gasteiger partial charge in [-0.3, -0.25) is 10.2 Å². The number of carbonyl (C=O) groups excluding carboxylic acids is 1. The van der Waals surface area contributed by atoms with E-state index in [1.165, 1.54) is 12.1 Å². The van der Waals surface area contributed by atoms with Gasteiger partial charge >= 0.3 is 6.18 Å². The molecule has 0 unspecified atom stereocenters. The number of nitrogens with one attached hydrogen (secondary N) is 1. The highest BCUT2D eigenvalue weighted by atomic mass is 19.4. The van der Waals surface area contributed by atoms with Crippen molar-refractivity contribution in [3.63, 3.8) is 0 Å². The summed E-state index contributed by atoms with van der Waals surface area (Å²) >= 11 is 0. The van der Waals surface area contributed by atoms with E-state index in [0.29, 0.717) is 5.92 Å². The van der Waals surface area contributed by atoms with Gasteiger partial charge in [-0.25, -0.2) is 5.01 Å². The zero-order valence-corrected chi connectivity index (χ0v) is 13.9. The molecule has 128 valence electrons. The van der Waals surface area contributed by atoms with Crippen molar-refractivity contribution >= 4 is 5.91 Å². The Morgan fingerprint density at radius 2 is 1.78 bits per heavy atom. The molecule has 1 aliphatic rings. The SMILES string of the molecule is CC(C)Cc1ccc([C@H](N2CC(C)(C)C(=O)N2)C(F)(F)F)cc1. The number of carbonyl (C=O) groups is 1. The molecule has 1 saturated heterocycles. The average molecular weight is 328 g/mol. The molecule has 23 heavy (non-hydrogen) atoms. The minimum absolute atomic E-state index is 0.0176. The van der Waals surface area contributed by atoms with Crippen LogP contribution in [0.25, 0.3) is 0 Å². The summed E-state index contributed by atoms with van der Waals surface area (Å²) < 4.78 is 40.7. The number of halogens is 3. The molecule has 0 aliphatic carbocycles. The molecule has 6 heteroatoms. The highest BCUT2D eigenvalue weighted by Crippen LogP contribution is 2.40. The molecule has 1 aliphatic heterocycles. The van der Waals surface area contributed by atoms with Gasteiger partial charge in [0.25, 0.3) is 0 Å². The quantitative estimate of drug-likeness (QED) is 0.910. The predicted molar refractivity (Wildman–Crippen MR) is 82.4 cm³/mol. The zero-order chi connectivity index (χ0) is 17.4. The molecule has 1 fully saturated rings. The van der Waals surface area contributed by atoms with Gasteiger partial charge in [0.05, 0.1) is 5.41 Å². The lowest BCUT2D eigenvalue weighted by Crippen LogP contribution is -2.43.